The van der Waals surface area contributed by atoms with Gasteiger partial charge in [0.15, 0.2) is 0 Å². The van der Waals surface area contributed by atoms with Crippen molar-refractivity contribution in [1.82, 2.24) is 15.3 Å². The van der Waals surface area contributed by atoms with Crippen molar-refractivity contribution < 1.29 is 33.5 Å². The van der Waals surface area contributed by atoms with E-state index in [0.29, 0.717) is 31.2 Å². The number of unbranched alkanes of at least 4 members (excludes halogenated alkanes) is 2. The van der Waals surface area contributed by atoms with E-state index in [-0.39, 0.29) is 37.1 Å². The van der Waals surface area contributed by atoms with Gasteiger partial charge in [0.05, 0.1) is 25.7 Å². The van der Waals surface area contributed by atoms with Crippen molar-refractivity contribution in [3.8, 4) is 0 Å². The van der Waals surface area contributed by atoms with E-state index in [1.807, 2.05) is 51.1 Å². The van der Waals surface area contributed by atoms with E-state index in [9.17, 15) is 24.0 Å². The van der Waals surface area contributed by atoms with Crippen LogP contribution in [0.15, 0.2) is 30.3 Å². The number of rotatable bonds is 15. The molecular weight excluding hydrogens is 514 g/mol. The fraction of sp³-hybridized carbons (Fsp3) is 0.633. The van der Waals surface area contributed by atoms with Crippen LogP contribution in [0.2, 0.25) is 0 Å². The molecule has 3 atom stereocenters. The molecule has 1 unspecified atom stereocenters. The summed E-state index contributed by atoms with van der Waals surface area (Å²) >= 11 is 0. The summed E-state index contributed by atoms with van der Waals surface area (Å²) in [5, 5.41) is 3.41. The molecular formula is C30H43N3O7. The number of hydrogen-bond acceptors (Lipinski definition) is 7. The monoisotopic (exact) mass is 557 g/mol. The first kappa shape index (κ1) is 31.3. The molecule has 4 amide bonds. The zero-order chi connectivity index (χ0) is 29.1. The van der Waals surface area contributed by atoms with E-state index >= 15 is 0 Å². The molecule has 3 rings (SSSR count). The maximum absolute atomic E-state index is 13.7. The molecule has 0 saturated carbocycles. The van der Waals surface area contributed by atoms with Crippen LogP contribution in [-0.4, -0.2) is 64.8 Å². The summed E-state index contributed by atoms with van der Waals surface area (Å²) in [6.45, 7) is 7.28. The molecule has 0 aromatic heterocycles. The van der Waals surface area contributed by atoms with Crippen molar-refractivity contribution in [2.75, 3.05) is 13.2 Å². The van der Waals surface area contributed by atoms with Crippen molar-refractivity contribution in [1.29, 1.82) is 0 Å². The molecule has 0 radical (unpaired) electrons. The number of nitrogens with zero attached hydrogens (tertiary/aromatic N) is 2. The van der Waals surface area contributed by atoms with Gasteiger partial charge in [-0.2, -0.15) is 0 Å². The predicted molar refractivity (Wildman–Crippen MR) is 147 cm³/mol. The number of ether oxygens (including phenoxy) is 1. The van der Waals surface area contributed by atoms with Crippen LogP contribution in [0.5, 0.6) is 0 Å². The molecule has 1 aromatic rings. The largest absolute Gasteiger partial charge is 0.375 e. The van der Waals surface area contributed by atoms with Gasteiger partial charge in [-0.1, -0.05) is 70.4 Å². The minimum absolute atomic E-state index is 0.000499. The summed E-state index contributed by atoms with van der Waals surface area (Å²) in [4.78, 5) is 70.2. The van der Waals surface area contributed by atoms with Gasteiger partial charge in [0.25, 0.3) is 11.8 Å². The van der Waals surface area contributed by atoms with Crippen LogP contribution in [0, 0.1) is 11.8 Å². The van der Waals surface area contributed by atoms with Gasteiger partial charge in [-0.25, -0.2) is 4.79 Å². The number of hydroxylamine groups is 2. The molecule has 0 bridgehead atoms. The van der Waals surface area contributed by atoms with Crippen LogP contribution in [-0.2, 0) is 40.2 Å². The zero-order valence-electron chi connectivity index (χ0n) is 23.9. The lowest BCUT2D eigenvalue weighted by molar-refractivity contribution is -0.198. The SMILES string of the molecule is CCCCC[C@H](CC(=O)ON1C(=O)CCC1=O)C(=O)NC(C(=O)N1CCC[C@H]1COCc1ccccc1)C(C)C. The Morgan fingerprint density at radius 2 is 1.75 bits per heavy atom. The molecule has 0 spiro atoms. The van der Waals surface area contributed by atoms with Gasteiger partial charge in [-0.05, 0) is 30.7 Å². The van der Waals surface area contributed by atoms with Crippen LogP contribution in [0.4, 0.5) is 0 Å². The number of carbonyl (C=O) groups is 5. The molecule has 220 valence electrons. The first-order chi connectivity index (χ1) is 19.2. The Bertz CT molecular complexity index is 1010. The van der Waals surface area contributed by atoms with E-state index in [4.69, 9.17) is 9.57 Å². The second kappa shape index (κ2) is 15.5. The normalized spacial score (nSPS) is 18.8. The fourth-order valence-electron chi connectivity index (χ4n) is 5.11. The molecule has 10 heteroatoms. The first-order valence-electron chi connectivity index (χ1n) is 14.5. The quantitative estimate of drug-likeness (QED) is 0.259. The third kappa shape index (κ3) is 8.87. The number of nitrogens with one attached hydrogen (secondary N) is 1. The number of benzene rings is 1. The summed E-state index contributed by atoms with van der Waals surface area (Å²) in [6.07, 6.45) is 4.37. The topological polar surface area (TPSA) is 122 Å². The average Bonchev–Trinajstić information content (AvgIpc) is 3.53. The molecule has 2 aliphatic rings. The second-order valence-corrected chi connectivity index (χ2v) is 11.0. The van der Waals surface area contributed by atoms with Gasteiger partial charge in [0, 0.05) is 25.3 Å². The number of carbonyl (C=O) groups excluding carboxylic acids is 5. The van der Waals surface area contributed by atoms with Gasteiger partial charge in [0.1, 0.15) is 6.04 Å². The highest BCUT2D eigenvalue weighted by Gasteiger charge is 2.38. The van der Waals surface area contributed by atoms with Crippen molar-refractivity contribution in [3.63, 3.8) is 0 Å². The van der Waals surface area contributed by atoms with Gasteiger partial charge < -0.3 is 19.8 Å². The molecule has 0 aliphatic carbocycles. The van der Waals surface area contributed by atoms with Crippen molar-refractivity contribution in [3.05, 3.63) is 35.9 Å². The summed E-state index contributed by atoms with van der Waals surface area (Å²) in [7, 11) is 0. The molecule has 1 aromatic carbocycles. The Kier molecular flexibility index (Phi) is 12.1. The molecule has 2 saturated heterocycles. The number of imide groups is 1. The molecule has 10 nitrogen and oxygen atoms in total. The van der Waals surface area contributed by atoms with Crippen molar-refractivity contribution >= 4 is 29.6 Å². The van der Waals surface area contributed by atoms with Crippen LogP contribution < -0.4 is 5.32 Å². The third-order valence-corrected chi connectivity index (χ3v) is 7.45. The molecule has 2 fully saturated rings. The Hall–Kier alpha value is -3.27. The summed E-state index contributed by atoms with van der Waals surface area (Å²) in [5.74, 6) is -3.43. The Balaban J connectivity index is 1.61. The first-order valence-corrected chi connectivity index (χ1v) is 14.5. The predicted octanol–water partition coefficient (Wildman–Crippen LogP) is 3.53. The van der Waals surface area contributed by atoms with Gasteiger partial charge >= 0.3 is 5.97 Å². The highest BCUT2D eigenvalue weighted by Crippen LogP contribution is 2.23. The van der Waals surface area contributed by atoms with E-state index in [1.54, 1.807) is 4.90 Å². The summed E-state index contributed by atoms with van der Waals surface area (Å²) in [5.41, 5.74) is 1.07. The molecule has 2 heterocycles. The van der Waals surface area contributed by atoms with Gasteiger partial charge in [-0.15, -0.1) is 5.06 Å². The van der Waals surface area contributed by atoms with E-state index in [0.717, 1.165) is 37.7 Å². The minimum atomic E-state index is -0.817. The maximum atomic E-state index is 13.7. The van der Waals surface area contributed by atoms with E-state index in [1.165, 1.54) is 0 Å². The van der Waals surface area contributed by atoms with Gasteiger partial charge in [-0.3, -0.25) is 19.2 Å². The highest BCUT2D eigenvalue weighted by atomic mass is 16.7. The average molecular weight is 558 g/mol. The summed E-state index contributed by atoms with van der Waals surface area (Å²) in [6, 6.07) is 9.04. The van der Waals surface area contributed by atoms with E-state index < -0.39 is 35.7 Å². The lowest BCUT2D eigenvalue weighted by atomic mass is 9.95. The Morgan fingerprint density at radius 1 is 1.05 bits per heavy atom. The Morgan fingerprint density at radius 3 is 2.40 bits per heavy atom. The lowest BCUT2D eigenvalue weighted by Gasteiger charge is -2.32. The zero-order valence-corrected chi connectivity index (χ0v) is 23.9. The summed E-state index contributed by atoms with van der Waals surface area (Å²) < 4.78 is 5.93. The number of amides is 4. The molecule has 40 heavy (non-hydrogen) atoms. The third-order valence-electron chi connectivity index (χ3n) is 7.45. The van der Waals surface area contributed by atoms with Crippen molar-refractivity contribution in [2.24, 2.45) is 11.8 Å². The highest BCUT2D eigenvalue weighted by molar-refractivity contribution is 6.01. The standard InChI is InChI=1S/C30H43N3O7/c1-4-5-7-13-23(18-27(36)40-33-25(34)15-16-26(33)35)29(37)31-28(21(2)3)30(38)32-17-10-14-24(32)20-39-19-22-11-8-6-9-12-22/h6,8-9,11-12,21,23-24,28H,4-5,7,10,13-20H2,1-3H3,(H,31,37)/t23-,24+,28?/m1/s1. The minimum Gasteiger partial charge on any atom is -0.375 e. The fourth-order valence-corrected chi connectivity index (χ4v) is 5.11. The van der Waals surface area contributed by atoms with E-state index in [2.05, 4.69) is 5.32 Å². The van der Waals surface area contributed by atoms with Crippen LogP contribution in [0.3, 0.4) is 0 Å². The molecule has 1 N–H and O–H groups in total. The van der Waals surface area contributed by atoms with Crippen LogP contribution in [0.1, 0.15) is 84.1 Å². The van der Waals surface area contributed by atoms with Crippen LogP contribution in [0.25, 0.3) is 0 Å². The van der Waals surface area contributed by atoms with Crippen molar-refractivity contribution in [2.45, 2.75) is 97.2 Å². The van der Waals surface area contributed by atoms with Gasteiger partial charge in [0.2, 0.25) is 11.8 Å². The number of hydrogen-bond donors (Lipinski definition) is 1. The number of likely N-dealkylation sites (tertiary alicyclic amines) is 1. The Labute approximate surface area is 236 Å². The smallest absolute Gasteiger partial charge is 0.334 e. The van der Waals surface area contributed by atoms with Crippen LogP contribution >= 0.6 is 0 Å². The maximum Gasteiger partial charge on any atom is 0.334 e. The lowest BCUT2D eigenvalue weighted by Crippen LogP contribution is -2.54. The molecule has 2 aliphatic heterocycles. The second-order valence-electron chi connectivity index (χ2n) is 11.0.